The van der Waals surface area contributed by atoms with Gasteiger partial charge in [0.05, 0.1) is 0 Å². The van der Waals surface area contributed by atoms with Gasteiger partial charge in [0, 0.05) is 17.7 Å². The summed E-state index contributed by atoms with van der Waals surface area (Å²) < 4.78 is 18.3. The average Bonchev–Trinajstić information content (AvgIpc) is 2.39. The van der Waals surface area contributed by atoms with Crippen LogP contribution in [0.5, 0.6) is 0 Å². The monoisotopic (exact) mass is 246 g/mol. The Morgan fingerprint density at radius 2 is 1.53 bits per heavy atom. The van der Waals surface area contributed by atoms with Crippen LogP contribution in [0, 0.1) is 6.92 Å². The van der Waals surface area contributed by atoms with Crippen LogP contribution in [0.25, 0.3) is 0 Å². The second kappa shape index (κ2) is 4.87. The van der Waals surface area contributed by atoms with E-state index in [1.165, 1.54) is 7.11 Å². The van der Waals surface area contributed by atoms with E-state index in [2.05, 4.69) is 0 Å². The highest BCUT2D eigenvalue weighted by molar-refractivity contribution is 7.74. The first kappa shape index (κ1) is 12.1. The normalized spacial score (nSPS) is 14.2. The Bertz CT molecular complexity index is 549. The molecule has 0 saturated heterocycles. The molecule has 3 heteroatoms. The summed E-state index contributed by atoms with van der Waals surface area (Å²) in [6.07, 6.45) is 0. The Kier molecular flexibility index (Phi) is 3.46. The van der Waals surface area contributed by atoms with E-state index in [1.54, 1.807) is 0 Å². The van der Waals surface area contributed by atoms with Crippen molar-refractivity contribution >= 4 is 18.0 Å². The third kappa shape index (κ3) is 2.19. The Morgan fingerprint density at radius 3 is 2.12 bits per heavy atom. The van der Waals surface area contributed by atoms with E-state index >= 15 is 0 Å². The lowest BCUT2D eigenvalue weighted by Crippen LogP contribution is -2.19. The highest BCUT2D eigenvalue weighted by atomic mass is 31.2. The summed E-state index contributed by atoms with van der Waals surface area (Å²) in [7, 11) is -1.44. The van der Waals surface area contributed by atoms with Crippen molar-refractivity contribution < 1.29 is 9.09 Å². The molecule has 2 aromatic rings. The number of hydrogen-bond acceptors (Lipinski definition) is 2. The van der Waals surface area contributed by atoms with Gasteiger partial charge < -0.3 is 4.52 Å². The van der Waals surface area contributed by atoms with Crippen LogP contribution in [0.3, 0.4) is 0 Å². The quantitative estimate of drug-likeness (QED) is 0.778. The molecule has 0 amide bonds. The molecule has 0 aromatic heterocycles. The molecule has 0 N–H and O–H groups in total. The number of rotatable bonds is 3. The van der Waals surface area contributed by atoms with Crippen molar-refractivity contribution in [1.29, 1.82) is 0 Å². The summed E-state index contributed by atoms with van der Waals surface area (Å²) >= 11 is 0. The Labute approximate surface area is 102 Å². The molecule has 17 heavy (non-hydrogen) atoms. The molecule has 0 radical (unpaired) electrons. The van der Waals surface area contributed by atoms with Gasteiger partial charge in [-0.05, 0) is 30.7 Å². The lowest BCUT2D eigenvalue weighted by molar-refractivity contribution is 0.412. The SMILES string of the molecule is COP(=O)(c1ccccc1)c1ccccc1C. The van der Waals surface area contributed by atoms with E-state index in [0.717, 1.165) is 16.2 Å². The van der Waals surface area contributed by atoms with Gasteiger partial charge in [-0.25, -0.2) is 0 Å². The van der Waals surface area contributed by atoms with E-state index < -0.39 is 7.37 Å². The topological polar surface area (TPSA) is 26.3 Å². The molecule has 1 atom stereocenters. The summed E-state index contributed by atoms with van der Waals surface area (Å²) in [5.74, 6) is 0. The summed E-state index contributed by atoms with van der Waals surface area (Å²) in [5, 5.41) is 1.51. The minimum absolute atomic E-state index is 0.733. The van der Waals surface area contributed by atoms with Gasteiger partial charge in [0.2, 0.25) is 0 Å². The third-order valence-corrected chi connectivity index (χ3v) is 5.41. The minimum atomic E-state index is -2.94. The molecule has 0 bridgehead atoms. The molecule has 0 aliphatic rings. The predicted molar refractivity (Wildman–Crippen MR) is 71.5 cm³/mol. The van der Waals surface area contributed by atoms with Gasteiger partial charge >= 0.3 is 0 Å². The Balaban J connectivity index is 2.61. The molecule has 0 fully saturated rings. The second-order valence-electron chi connectivity index (χ2n) is 3.86. The van der Waals surface area contributed by atoms with E-state index in [4.69, 9.17) is 4.52 Å². The largest absolute Gasteiger partial charge is 0.325 e. The molecule has 0 heterocycles. The predicted octanol–water partition coefficient (Wildman–Crippen LogP) is 2.87. The first-order valence-corrected chi connectivity index (χ1v) is 7.08. The van der Waals surface area contributed by atoms with E-state index in [1.807, 2.05) is 61.5 Å². The van der Waals surface area contributed by atoms with Crippen molar-refractivity contribution in [2.45, 2.75) is 6.92 Å². The molecule has 2 aromatic carbocycles. The molecule has 0 aliphatic heterocycles. The van der Waals surface area contributed by atoms with E-state index in [-0.39, 0.29) is 0 Å². The molecule has 2 nitrogen and oxygen atoms in total. The number of hydrogen-bond donors (Lipinski definition) is 0. The zero-order valence-electron chi connectivity index (χ0n) is 9.96. The van der Waals surface area contributed by atoms with Crippen molar-refractivity contribution in [3.8, 4) is 0 Å². The van der Waals surface area contributed by atoms with Crippen molar-refractivity contribution in [2.75, 3.05) is 7.11 Å². The van der Waals surface area contributed by atoms with Crippen LogP contribution in [0.2, 0.25) is 0 Å². The molecule has 0 saturated carbocycles. The van der Waals surface area contributed by atoms with Crippen LogP contribution < -0.4 is 10.6 Å². The average molecular weight is 246 g/mol. The highest BCUT2D eigenvalue weighted by Crippen LogP contribution is 2.44. The first-order chi connectivity index (χ1) is 8.18. The molecule has 2 rings (SSSR count). The maximum atomic E-state index is 13.0. The Morgan fingerprint density at radius 1 is 0.941 bits per heavy atom. The molecular formula is C14H15O2P. The molecule has 0 spiro atoms. The van der Waals surface area contributed by atoms with Crippen LogP contribution in [0.1, 0.15) is 5.56 Å². The molecule has 1 unspecified atom stereocenters. The fourth-order valence-electron chi connectivity index (χ4n) is 1.86. The summed E-state index contributed by atoms with van der Waals surface area (Å²) in [6.45, 7) is 1.95. The van der Waals surface area contributed by atoms with Gasteiger partial charge in [0.15, 0.2) is 0 Å². The van der Waals surface area contributed by atoms with Crippen molar-refractivity contribution in [3.63, 3.8) is 0 Å². The van der Waals surface area contributed by atoms with Gasteiger partial charge in [-0.2, -0.15) is 0 Å². The van der Waals surface area contributed by atoms with Crippen molar-refractivity contribution in [2.24, 2.45) is 0 Å². The molecule has 0 aliphatic carbocycles. The minimum Gasteiger partial charge on any atom is -0.325 e. The van der Waals surface area contributed by atoms with Gasteiger partial charge in [-0.3, -0.25) is 4.57 Å². The first-order valence-electron chi connectivity index (χ1n) is 5.46. The van der Waals surface area contributed by atoms with Crippen LogP contribution in [-0.4, -0.2) is 7.11 Å². The summed E-state index contributed by atoms with van der Waals surface area (Å²) in [4.78, 5) is 0. The van der Waals surface area contributed by atoms with Gasteiger partial charge in [0.1, 0.15) is 0 Å². The summed E-state index contributed by atoms with van der Waals surface area (Å²) in [5.41, 5.74) is 0.988. The zero-order chi connectivity index (χ0) is 12.3. The van der Waals surface area contributed by atoms with Crippen LogP contribution in [-0.2, 0) is 9.09 Å². The molecule has 88 valence electrons. The maximum absolute atomic E-state index is 13.0. The van der Waals surface area contributed by atoms with Gasteiger partial charge in [-0.15, -0.1) is 0 Å². The van der Waals surface area contributed by atoms with Crippen molar-refractivity contribution in [3.05, 3.63) is 60.2 Å². The third-order valence-electron chi connectivity index (χ3n) is 2.79. The Hall–Kier alpha value is -1.37. The van der Waals surface area contributed by atoms with Crippen molar-refractivity contribution in [1.82, 2.24) is 0 Å². The van der Waals surface area contributed by atoms with E-state index in [0.29, 0.717) is 0 Å². The van der Waals surface area contributed by atoms with Crippen LogP contribution >= 0.6 is 7.37 Å². The second-order valence-corrected chi connectivity index (χ2v) is 6.32. The number of benzene rings is 2. The fraction of sp³-hybridized carbons (Fsp3) is 0.143. The number of aryl methyl sites for hydroxylation is 1. The highest BCUT2D eigenvalue weighted by Gasteiger charge is 2.28. The maximum Gasteiger partial charge on any atom is 0.261 e. The lowest BCUT2D eigenvalue weighted by atomic mass is 10.2. The van der Waals surface area contributed by atoms with Gasteiger partial charge in [-0.1, -0.05) is 36.4 Å². The standard InChI is InChI=1S/C14H15O2P/c1-12-8-6-7-11-14(12)17(15,16-2)13-9-4-3-5-10-13/h3-11H,1-2H3. The zero-order valence-corrected chi connectivity index (χ0v) is 10.9. The van der Waals surface area contributed by atoms with Crippen LogP contribution in [0.4, 0.5) is 0 Å². The summed E-state index contributed by atoms with van der Waals surface area (Å²) in [6, 6.07) is 17.0. The van der Waals surface area contributed by atoms with Gasteiger partial charge in [0.25, 0.3) is 7.37 Å². The van der Waals surface area contributed by atoms with E-state index in [9.17, 15) is 4.57 Å². The van der Waals surface area contributed by atoms with Crippen LogP contribution in [0.15, 0.2) is 54.6 Å². The smallest absolute Gasteiger partial charge is 0.261 e. The fourth-order valence-corrected chi connectivity index (χ4v) is 3.93. The lowest BCUT2D eigenvalue weighted by Gasteiger charge is -2.18. The molecular weight excluding hydrogens is 231 g/mol.